The molecule has 0 unspecified atom stereocenters. The molecule has 0 aromatic carbocycles. The Morgan fingerprint density at radius 2 is 2.23 bits per heavy atom. The summed E-state index contributed by atoms with van der Waals surface area (Å²) >= 11 is 0. The van der Waals surface area contributed by atoms with Crippen molar-refractivity contribution in [1.29, 1.82) is 0 Å². The Morgan fingerprint density at radius 1 is 1.50 bits per heavy atom. The Morgan fingerprint density at radius 3 is 2.85 bits per heavy atom. The molecule has 0 saturated carbocycles. The van der Waals surface area contributed by atoms with Gasteiger partial charge in [0.25, 0.3) is 0 Å². The van der Waals surface area contributed by atoms with E-state index in [4.69, 9.17) is 9.47 Å². The summed E-state index contributed by atoms with van der Waals surface area (Å²) in [4.78, 5) is 35.7. The molecule has 0 spiro atoms. The zero-order valence-electron chi connectivity index (χ0n) is 15.3. The standard InChI is InChI=1S/C20H26O6/c1-12(2)7-18(23)25-16-8-14(10-21)5-4-6-15(11-22)9-17-19(16)13(3)20(24)26-17/h5,9-10,12,16-17,19,22H,3-4,6-8,11H2,1-2H3/b14-5+,15-9+/t16-,17+,19-/m0/s1. The maximum atomic E-state index is 12.2. The second-order valence-electron chi connectivity index (χ2n) is 7.17. The quantitative estimate of drug-likeness (QED) is 0.349. The van der Waals surface area contributed by atoms with Crippen molar-refractivity contribution in [3.8, 4) is 0 Å². The second-order valence-corrected chi connectivity index (χ2v) is 7.17. The molecule has 1 saturated heterocycles. The average Bonchev–Trinajstić information content (AvgIpc) is 2.85. The number of carbonyl (C=O) groups is 3. The van der Waals surface area contributed by atoms with Crippen LogP contribution in [0.5, 0.6) is 0 Å². The van der Waals surface area contributed by atoms with Gasteiger partial charge in [-0.2, -0.15) is 0 Å². The number of carbonyl (C=O) groups excluding carboxylic acids is 3. The fraction of sp³-hybridized carbons (Fsp3) is 0.550. The maximum absolute atomic E-state index is 12.2. The highest BCUT2D eigenvalue weighted by atomic mass is 16.6. The van der Waals surface area contributed by atoms with E-state index < -0.39 is 24.1 Å². The van der Waals surface area contributed by atoms with Gasteiger partial charge in [0.15, 0.2) is 0 Å². The number of hydrogen-bond donors (Lipinski definition) is 1. The molecule has 1 aliphatic heterocycles. The van der Waals surface area contributed by atoms with Crippen LogP contribution in [0.15, 0.2) is 35.5 Å². The van der Waals surface area contributed by atoms with Crippen molar-refractivity contribution in [2.75, 3.05) is 6.61 Å². The Bertz CT molecular complexity index is 643. The normalized spacial score (nSPS) is 30.5. The van der Waals surface area contributed by atoms with Crippen molar-refractivity contribution in [1.82, 2.24) is 0 Å². The average molecular weight is 362 g/mol. The maximum Gasteiger partial charge on any atom is 0.334 e. The zero-order chi connectivity index (χ0) is 19.3. The Hall–Kier alpha value is -2.21. The highest BCUT2D eigenvalue weighted by Crippen LogP contribution is 2.36. The lowest BCUT2D eigenvalue weighted by molar-refractivity contribution is -0.153. The molecule has 0 bridgehead atoms. The van der Waals surface area contributed by atoms with Crippen LogP contribution in [0.25, 0.3) is 0 Å². The van der Waals surface area contributed by atoms with Crippen LogP contribution in [-0.2, 0) is 23.9 Å². The van der Waals surface area contributed by atoms with Crippen molar-refractivity contribution < 1.29 is 29.0 Å². The third-order valence-electron chi connectivity index (χ3n) is 4.58. The number of aldehydes is 1. The largest absolute Gasteiger partial charge is 0.461 e. The molecule has 0 radical (unpaired) electrons. The van der Waals surface area contributed by atoms with Crippen LogP contribution in [0, 0.1) is 11.8 Å². The molecule has 1 fully saturated rings. The van der Waals surface area contributed by atoms with Crippen LogP contribution in [0.1, 0.15) is 39.5 Å². The molecule has 0 aromatic rings. The van der Waals surface area contributed by atoms with E-state index in [2.05, 4.69) is 6.58 Å². The van der Waals surface area contributed by atoms with Gasteiger partial charge in [-0.1, -0.05) is 26.5 Å². The summed E-state index contributed by atoms with van der Waals surface area (Å²) in [5.74, 6) is -1.38. The van der Waals surface area contributed by atoms with Gasteiger partial charge < -0.3 is 14.6 Å². The second kappa shape index (κ2) is 8.94. The minimum atomic E-state index is -0.726. The van der Waals surface area contributed by atoms with Crippen LogP contribution < -0.4 is 0 Å². The number of hydrogen-bond acceptors (Lipinski definition) is 6. The first kappa shape index (κ1) is 20.1. The number of aliphatic hydroxyl groups is 1. The van der Waals surface area contributed by atoms with Crippen LogP contribution in [-0.4, -0.2) is 42.1 Å². The molecule has 2 aliphatic rings. The van der Waals surface area contributed by atoms with Crippen molar-refractivity contribution in [3.05, 3.63) is 35.5 Å². The van der Waals surface area contributed by atoms with Gasteiger partial charge in [0, 0.05) is 18.4 Å². The van der Waals surface area contributed by atoms with Gasteiger partial charge in [-0.3, -0.25) is 9.59 Å². The van der Waals surface area contributed by atoms with Crippen LogP contribution in [0.3, 0.4) is 0 Å². The van der Waals surface area contributed by atoms with E-state index in [1.54, 1.807) is 12.2 Å². The third kappa shape index (κ3) is 4.91. The number of fused-ring (bicyclic) bond motifs is 1. The molecule has 3 atom stereocenters. The minimum Gasteiger partial charge on any atom is -0.461 e. The first-order chi connectivity index (χ1) is 12.3. The molecule has 26 heavy (non-hydrogen) atoms. The van der Waals surface area contributed by atoms with E-state index in [1.165, 1.54) is 0 Å². The van der Waals surface area contributed by atoms with E-state index >= 15 is 0 Å². The van der Waals surface area contributed by atoms with Gasteiger partial charge in [0.2, 0.25) is 0 Å². The lowest BCUT2D eigenvalue weighted by Crippen LogP contribution is -2.34. The summed E-state index contributed by atoms with van der Waals surface area (Å²) < 4.78 is 11.0. The molecular formula is C20H26O6. The SMILES string of the molecule is C=C1C(=O)O[C@@H]2/C=C(/CO)CC/C=C(/C=O)C[C@H](OC(=O)CC(C)C)[C@H]12. The topological polar surface area (TPSA) is 89.9 Å². The fourth-order valence-electron chi connectivity index (χ4n) is 3.28. The number of allylic oxidation sites excluding steroid dienone is 1. The lowest BCUT2D eigenvalue weighted by Gasteiger charge is -2.27. The van der Waals surface area contributed by atoms with E-state index in [1.807, 2.05) is 13.8 Å². The minimum absolute atomic E-state index is 0.129. The number of aliphatic hydroxyl groups excluding tert-OH is 1. The Labute approximate surface area is 153 Å². The molecule has 1 N–H and O–H groups in total. The first-order valence-corrected chi connectivity index (χ1v) is 8.89. The monoisotopic (exact) mass is 362 g/mol. The van der Waals surface area contributed by atoms with E-state index in [-0.39, 0.29) is 36.9 Å². The van der Waals surface area contributed by atoms with Gasteiger partial charge in [-0.15, -0.1) is 0 Å². The van der Waals surface area contributed by atoms with Gasteiger partial charge in [0.1, 0.15) is 18.5 Å². The molecule has 6 heteroatoms. The highest BCUT2D eigenvalue weighted by Gasteiger charge is 2.44. The third-order valence-corrected chi connectivity index (χ3v) is 4.58. The fourth-order valence-corrected chi connectivity index (χ4v) is 3.28. The van der Waals surface area contributed by atoms with Gasteiger partial charge in [-0.05, 0) is 36.0 Å². The Balaban J connectivity index is 2.38. The molecule has 1 heterocycles. The lowest BCUT2D eigenvalue weighted by atomic mass is 9.85. The summed E-state index contributed by atoms with van der Waals surface area (Å²) in [5, 5.41) is 9.55. The summed E-state index contributed by atoms with van der Waals surface area (Å²) in [6.45, 7) is 7.45. The van der Waals surface area contributed by atoms with E-state index in [9.17, 15) is 19.5 Å². The number of rotatable bonds is 5. The highest BCUT2D eigenvalue weighted by molar-refractivity contribution is 5.91. The van der Waals surface area contributed by atoms with Gasteiger partial charge in [0.05, 0.1) is 12.5 Å². The first-order valence-electron chi connectivity index (χ1n) is 8.89. The van der Waals surface area contributed by atoms with Gasteiger partial charge in [-0.25, -0.2) is 4.79 Å². The van der Waals surface area contributed by atoms with Gasteiger partial charge >= 0.3 is 11.9 Å². The molecule has 0 aromatic heterocycles. The van der Waals surface area contributed by atoms with Crippen LogP contribution in [0.4, 0.5) is 0 Å². The summed E-state index contributed by atoms with van der Waals surface area (Å²) in [7, 11) is 0. The van der Waals surface area contributed by atoms with E-state index in [0.717, 1.165) is 6.29 Å². The van der Waals surface area contributed by atoms with Crippen LogP contribution >= 0.6 is 0 Å². The smallest absolute Gasteiger partial charge is 0.334 e. The molecule has 6 nitrogen and oxygen atoms in total. The summed E-state index contributed by atoms with van der Waals surface area (Å²) in [6.07, 6.45) is 4.40. The summed E-state index contributed by atoms with van der Waals surface area (Å²) in [6, 6.07) is 0. The number of esters is 2. The molecule has 0 amide bonds. The molecular weight excluding hydrogens is 336 g/mol. The zero-order valence-corrected chi connectivity index (χ0v) is 15.3. The van der Waals surface area contributed by atoms with Crippen molar-refractivity contribution in [2.24, 2.45) is 11.8 Å². The van der Waals surface area contributed by atoms with Crippen molar-refractivity contribution >= 4 is 18.2 Å². The van der Waals surface area contributed by atoms with Crippen molar-refractivity contribution in [3.63, 3.8) is 0 Å². The predicted molar refractivity (Wildman–Crippen MR) is 95.0 cm³/mol. The van der Waals surface area contributed by atoms with Crippen molar-refractivity contribution in [2.45, 2.75) is 51.7 Å². The predicted octanol–water partition coefficient (Wildman–Crippen LogP) is 2.27. The molecule has 1 aliphatic carbocycles. The van der Waals surface area contributed by atoms with Crippen LogP contribution in [0.2, 0.25) is 0 Å². The number of ether oxygens (including phenoxy) is 2. The molecule has 142 valence electrons. The molecule has 2 rings (SSSR count). The summed E-state index contributed by atoms with van der Waals surface area (Å²) in [5.41, 5.74) is 1.42. The van der Waals surface area contributed by atoms with E-state index in [0.29, 0.717) is 24.0 Å². The Kier molecular flexibility index (Phi) is 6.91.